The Hall–Kier alpha value is -3.64. The Morgan fingerprint density at radius 2 is 1.91 bits per heavy atom. The number of benzene rings is 1. The summed E-state index contributed by atoms with van der Waals surface area (Å²) in [6.45, 7) is 3.39. The molecule has 0 heterocycles. The molecule has 1 amide bonds. The third-order valence-electron chi connectivity index (χ3n) is 6.97. The predicted molar refractivity (Wildman–Crippen MR) is 110 cm³/mol. The molecule has 0 aromatic heterocycles. The Balaban J connectivity index is 2.00. The van der Waals surface area contributed by atoms with Gasteiger partial charge in [0.2, 0.25) is 5.78 Å². The number of rotatable bonds is 2. The Morgan fingerprint density at radius 1 is 1.25 bits per heavy atom. The zero-order valence-corrected chi connectivity index (χ0v) is 17.4. The minimum absolute atomic E-state index is 0.0201. The van der Waals surface area contributed by atoms with E-state index in [1.54, 1.807) is 13.8 Å². The van der Waals surface area contributed by atoms with E-state index in [2.05, 4.69) is 0 Å². The molecule has 32 heavy (non-hydrogen) atoms. The van der Waals surface area contributed by atoms with Crippen molar-refractivity contribution in [2.45, 2.75) is 32.3 Å². The lowest BCUT2D eigenvalue weighted by atomic mass is 9.54. The number of hydrogen-bond acceptors (Lipinski definition) is 8. The van der Waals surface area contributed by atoms with Gasteiger partial charge in [0.25, 0.3) is 5.91 Å². The molecule has 0 spiro atoms. The fraction of sp³-hybridized carbons (Fsp3) is 0.391. The van der Waals surface area contributed by atoms with E-state index in [-0.39, 0.29) is 35.3 Å². The maximum Gasteiger partial charge on any atom is 0.255 e. The largest absolute Gasteiger partial charge is 0.508 e. The van der Waals surface area contributed by atoms with Gasteiger partial charge in [-0.05, 0) is 42.4 Å². The number of phenols is 1. The van der Waals surface area contributed by atoms with E-state index >= 15 is 0 Å². The maximum atomic E-state index is 13.6. The van der Waals surface area contributed by atoms with Gasteiger partial charge < -0.3 is 26.2 Å². The Kier molecular flexibility index (Phi) is 4.68. The lowest BCUT2D eigenvalue weighted by molar-refractivity contribution is -0.155. The molecule has 0 radical (unpaired) electrons. The van der Waals surface area contributed by atoms with Gasteiger partial charge in [0, 0.05) is 17.4 Å². The van der Waals surface area contributed by atoms with Crippen LogP contribution < -0.4 is 5.73 Å². The van der Waals surface area contributed by atoms with Crippen molar-refractivity contribution in [2.24, 2.45) is 29.4 Å². The van der Waals surface area contributed by atoms with Crippen molar-refractivity contribution in [3.8, 4) is 11.8 Å². The number of carbonyl (C=O) groups excluding carboxylic acids is 3. The highest BCUT2D eigenvalue weighted by atomic mass is 16.3. The average Bonchev–Trinajstić information content (AvgIpc) is 2.70. The molecule has 4 rings (SSSR count). The number of Topliss-reactive ketones (excluding diaryl/α,β-unsaturated/α-hetero) is 2. The van der Waals surface area contributed by atoms with Crippen molar-refractivity contribution in [2.75, 3.05) is 0 Å². The molecule has 1 saturated carbocycles. The quantitative estimate of drug-likeness (QED) is 0.426. The maximum absolute atomic E-state index is 13.6. The lowest BCUT2D eigenvalue weighted by Crippen LogP contribution is -2.62. The van der Waals surface area contributed by atoms with E-state index < -0.39 is 63.8 Å². The number of ketones is 2. The summed E-state index contributed by atoms with van der Waals surface area (Å²) in [4.78, 5) is 38.5. The Morgan fingerprint density at radius 3 is 2.47 bits per heavy atom. The smallest absolute Gasteiger partial charge is 0.255 e. The first kappa shape index (κ1) is 21.6. The number of aliphatic hydroxyl groups excluding tert-OH is 2. The van der Waals surface area contributed by atoms with Crippen LogP contribution in [0.3, 0.4) is 0 Å². The molecular formula is C23H22N2O7. The minimum atomic E-state index is -2.63. The summed E-state index contributed by atoms with van der Waals surface area (Å²) in [6.07, 6.45) is 0.128. The van der Waals surface area contributed by atoms with E-state index in [0.29, 0.717) is 5.56 Å². The molecule has 3 aliphatic carbocycles. The first-order valence-corrected chi connectivity index (χ1v) is 10.2. The molecule has 1 aromatic carbocycles. The van der Waals surface area contributed by atoms with Crippen LogP contribution in [0.15, 0.2) is 29.0 Å². The fourth-order valence-electron chi connectivity index (χ4n) is 5.59. The van der Waals surface area contributed by atoms with Crippen LogP contribution in [0.1, 0.15) is 37.0 Å². The molecule has 0 aliphatic heterocycles. The number of phenolic OH excluding ortho intramolecular Hbond substituents is 1. The van der Waals surface area contributed by atoms with Crippen LogP contribution in [0, 0.1) is 35.0 Å². The third-order valence-corrected chi connectivity index (χ3v) is 6.97. The third kappa shape index (κ3) is 2.56. The molecule has 9 nitrogen and oxygen atoms in total. The van der Waals surface area contributed by atoms with Gasteiger partial charge in [-0.15, -0.1) is 0 Å². The minimum Gasteiger partial charge on any atom is -0.508 e. The second-order valence-electron chi connectivity index (χ2n) is 8.92. The summed E-state index contributed by atoms with van der Waals surface area (Å²) in [7, 11) is 0. The first-order valence-electron chi connectivity index (χ1n) is 10.2. The molecular weight excluding hydrogens is 416 g/mol. The van der Waals surface area contributed by atoms with Crippen LogP contribution >= 0.6 is 0 Å². The fourth-order valence-corrected chi connectivity index (χ4v) is 5.59. The zero-order chi connectivity index (χ0) is 23.7. The molecule has 0 unspecified atom stereocenters. The van der Waals surface area contributed by atoms with E-state index in [0.717, 1.165) is 0 Å². The summed E-state index contributed by atoms with van der Waals surface area (Å²) in [5.41, 5.74) is 2.10. The van der Waals surface area contributed by atoms with Crippen molar-refractivity contribution in [3.05, 3.63) is 45.7 Å². The topological polar surface area (TPSA) is 182 Å². The van der Waals surface area contributed by atoms with Crippen LogP contribution in [0.25, 0.3) is 5.76 Å². The van der Waals surface area contributed by atoms with Crippen molar-refractivity contribution in [1.82, 2.24) is 0 Å². The molecule has 1 fully saturated rings. The van der Waals surface area contributed by atoms with Crippen molar-refractivity contribution < 1.29 is 34.8 Å². The number of fused-ring (bicyclic) bond motifs is 3. The molecule has 6 N–H and O–H groups in total. The summed E-state index contributed by atoms with van der Waals surface area (Å²) in [5.74, 6) is -8.24. The highest BCUT2D eigenvalue weighted by molar-refractivity contribution is 6.23. The number of aromatic hydroxyl groups is 1. The average molecular weight is 438 g/mol. The number of amides is 1. The zero-order valence-electron chi connectivity index (χ0n) is 17.4. The molecule has 4 atom stereocenters. The highest BCUT2D eigenvalue weighted by Crippen LogP contribution is 2.54. The molecule has 0 bridgehead atoms. The van der Waals surface area contributed by atoms with Crippen LogP contribution in [0.2, 0.25) is 0 Å². The number of nitrogens with zero attached hydrogens (tertiary/aromatic N) is 1. The second kappa shape index (κ2) is 6.93. The number of nitriles is 1. The molecule has 166 valence electrons. The normalized spacial score (nSPS) is 29.4. The Labute approximate surface area is 183 Å². The van der Waals surface area contributed by atoms with Gasteiger partial charge in [-0.2, -0.15) is 5.26 Å². The van der Waals surface area contributed by atoms with E-state index in [1.807, 2.05) is 6.07 Å². The lowest BCUT2D eigenvalue weighted by Gasteiger charge is -2.50. The van der Waals surface area contributed by atoms with Gasteiger partial charge in [0.15, 0.2) is 11.4 Å². The van der Waals surface area contributed by atoms with Gasteiger partial charge in [0.1, 0.15) is 22.8 Å². The number of hydrogen-bond donors (Lipinski definition) is 5. The van der Waals surface area contributed by atoms with Crippen LogP contribution in [0.4, 0.5) is 0 Å². The highest BCUT2D eigenvalue weighted by Gasteiger charge is 2.64. The number of nitrogens with two attached hydrogens (primary N) is 1. The van der Waals surface area contributed by atoms with Gasteiger partial charge in [-0.1, -0.05) is 13.8 Å². The van der Waals surface area contributed by atoms with E-state index in [4.69, 9.17) is 5.73 Å². The summed E-state index contributed by atoms with van der Waals surface area (Å²) in [6, 6.07) is 4.62. The summed E-state index contributed by atoms with van der Waals surface area (Å²) < 4.78 is 0. The van der Waals surface area contributed by atoms with Crippen LogP contribution in [-0.4, -0.2) is 43.5 Å². The van der Waals surface area contributed by atoms with Gasteiger partial charge in [-0.3, -0.25) is 14.4 Å². The number of aliphatic hydroxyl groups is 3. The van der Waals surface area contributed by atoms with Crippen LogP contribution in [-0.2, 0) is 20.8 Å². The Bertz CT molecular complexity index is 1200. The number of primary amides is 1. The van der Waals surface area contributed by atoms with Gasteiger partial charge >= 0.3 is 0 Å². The summed E-state index contributed by atoms with van der Waals surface area (Å²) in [5, 5.41) is 52.9. The second-order valence-corrected chi connectivity index (χ2v) is 8.92. The first-order chi connectivity index (χ1) is 15.0. The monoisotopic (exact) mass is 438 g/mol. The van der Waals surface area contributed by atoms with Crippen molar-refractivity contribution in [3.63, 3.8) is 0 Å². The number of carbonyl (C=O) groups is 3. The SMILES string of the molecule is CC(C)[C@@H]1C(=O)C(C(N)=O)=C(O)[C@@]2(O)C(=O)C3=C(O)c4c(O)ccc(C#N)c4C[C@H]3C[C@@H]12. The van der Waals surface area contributed by atoms with Crippen molar-refractivity contribution in [1.29, 1.82) is 5.26 Å². The van der Waals surface area contributed by atoms with Gasteiger partial charge in [0.05, 0.1) is 17.2 Å². The summed E-state index contributed by atoms with van der Waals surface area (Å²) >= 11 is 0. The molecule has 9 heteroatoms. The van der Waals surface area contributed by atoms with E-state index in [1.165, 1.54) is 12.1 Å². The predicted octanol–water partition coefficient (Wildman–Crippen LogP) is 1.18. The van der Waals surface area contributed by atoms with Crippen LogP contribution in [0.5, 0.6) is 5.75 Å². The standard InChI is InChI=1S/C23H22N2O7/c1-8(2)14-12-6-10-5-11-9(7-24)3-4-13(26)16(11)19(28)15(10)20(29)23(12,32)21(30)17(18(14)27)22(25)31/h3-4,8,10,12,14,26,28,30,32H,5-6H2,1-2H3,(H2,25,31)/t10-,12-,14-,23-/m0/s1. The molecule has 1 aromatic rings. The van der Waals surface area contributed by atoms with E-state index in [9.17, 15) is 40.1 Å². The van der Waals surface area contributed by atoms with Crippen molar-refractivity contribution >= 4 is 23.2 Å². The molecule has 0 saturated heterocycles. The van der Waals surface area contributed by atoms with Gasteiger partial charge in [-0.25, -0.2) is 0 Å². The molecule has 3 aliphatic rings.